The van der Waals surface area contributed by atoms with Crippen molar-refractivity contribution < 1.29 is 18.7 Å². The summed E-state index contributed by atoms with van der Waals surface area (Å²) < 4.78 is 18.1. The van der Waals surface area contributed by atoms with E-state index in [-0.39, 0.29) is 10.6 Å². The van der Waals surface area contributed by atoms with Crippen LogP contribution in [0, 0.1) is 5.82 Å². The zero-order valence-electron chi connectivity index (χ0n) is 10.9. The molecule has 0 aliphatic heterocycles. The van der Waals surface area contributed by atoms with E-state index >= 15 is 0 Å². The number of carbonyl (C=O) groups excluding carboxylic acids is 2. The summed E-state index contributed by atoms with van der Waals surface area (Å²) in [6.07, 6.45) is 0. The van der Waals surface area contributed by atoms with Crippen LogP contribution in [0.15, 0.2) is 18.2 Å². The fraction of sp³-hybridized carbons (Fsp3) is 0.385. The second-order valence-corrected chi connectivity index (χ2v) is 5.38. The number of hydrogen-bond acceptors (Lipinski definition) is 3. The Hall–Kier alpha value is -1.62. The highest BCUT2D eigenvalue weighted by Crippen LogP contribution is 2.19. The molecule has 104 valence electrons. The van der Waals surface area contributed by atoms with Gasteiger partial charge in [0, 0.05) is 5.54 Å². The van der Waals surface area contributed by atoms with E-state index in [1.165, 1.54) is 12.1 Å². The molecule has 0 bridgehead atoms. The first kappa shape index (κ1) is 15.4. The number of halogens is 2. The molecule has 1 aromatic rings. The maximum absolute atomic E-state index is 13.4. The first-order valence-electron chi connectivity index (χ1n) is 5.63. The van der Waals surface area contributed by atoms with Gasteiger partial charge < -0.3 is 10.1 Å². The van der Waals surface area contributed by atoms with Crippen LogP contribution in [0.1, 0.15) is 31.1 Å². The van der Waals surface area contributed by atoms with E-state index in [0.29, 0.717) is 0 Å². The third kappa shape index (κ3) is 4.87. The van der Waals surface area contributed by atoms with Crippen molar-refractivity contribution in [2.75, 3.05) is 6.61 Å². The zero-order valence-corrected chi connectivity index (χ0v) is 11.7. The van der Waals surface area contributed by atoms with Crippen molar-refractivity contribution in [3.63, 3.8) is 0 Å². The standard InChI is InChI=1S/C13H15ClFNO3/c1-13(2,3)16-10(17)7-19-12(18)11-8(14)5-4-6-9(11)15/h4-6H,7H2,1-3H3,(H,16,17). The minimum Gasteiger partial charge on any atom is -0.452 e. The molecule has 6 heteroatoms. The smallest absolute Gasteiger partial charge is 0.343 e. The monoisotopic (exact) mass is 287 g/mol. The lowest BCUT2D eigenvalue weighted by atomic mass is 10.1. The summed E-state index contributed by atoms with van der Waals surface area (Å²) in [5.74, 6) is -2.21. The summed E-state index contributed by atoms with van der Waals surface area (Å²) in [5.41, 5.74) is -0.799. The molecule has 0 aliphatic rings. The molecule has 0 heterocycles. The van der Waals surface area contributed by atoms with E-state index in [0.717, 1.165) is 6.07 Å². The quantitative estimate of drug-likeness (QED) is 0.869. The molecule has 4 nitrogen and oxygen atoms in total. The van der Waals surface area contributed by atoms with Crippen molar-refractivity contribution in [1.29, 1.82) is 0 Å². The lowest BCUT2D eigenvalue weighted by molar-refractivity contribution is -0.125. The van der Waals surface area contributed by atoms with Crippen molar-refractivity contribution >= 4 is 23.5 Å². The van der Waals surface area contributed by atoms with Crippen LogP contribution in [0.5, 0.6) is 0 Å². The maximum atomic E-state index is 13.4. The molecule has 1 rings (SSSR count). The largest absolute Gasteiger partial charge is 0.452 e. The lowest BCUT2D eigenvalue weighted by Gasteiger charge is -2.20. The molecule has 0 saturated carbocycles. The molecule has 1 N–H and O–H groups in total. The minimum absolute atomic E-state index is 0.0544. The molecule has 0 fully saturated rings. The summed E-state index contributed by atoms with van der Waals surface area (Å²) in [6, 6.07) is 3.84. The first-order valence-corrected chi connectivity index (χ1v) is 6.00. The number of ether oxygens (including phenoxy) is 1. The van der Waals surface area contributed by atoms with Gasteiger partial charge in [0.25, 0.3) is 5.91 Å². The average Bonchev–Trinajstić information content (AvgIpc) is 2.23. The van der Waals surface area contributed by atoms with Crippen LogP contribution >= 0.6 is 11.6 Å². The van der Waals surface area contributed by atoms with Crippen LogP contribution in [-0.2, 0) is 9.53 Å². The van der Waals surface area contributed by atoms with Crippen LogP contribution < -0.4 is 5.32 Å². The van der Waals surface area contributed by atoms with Gasteiger partial charge in [-0.15, -0.1) is 0 Å². The highest BCUT2D eigenvalue weighted by Gasteiger charge is 2.19. The Morgan fingerprint density at radius 2 is 2.00 bits per heavy atom. The van der Waals surface area contributed by atoms with Crippen molar-refractivity contribution in [3.8, 4) is 0 Å². The predicted octanol–water partition coefficient (Wildman–Crippen LogP) is 2.55. The molecule has 1 aromatic carbocycles. The van der Waals surface area contributed by atoms with Crippen molar-refractivity contribution in [3.05, 3.63) is 34.6 Å². The Labute approximate surface area is 115 Å². The van der Waals surface area contributed by atoms with Gasteiger partial charge in [0.2, 0.25) is 0 Å². The first-order chi connectivity index (χ1) is 8.70. The number of hydrogen-bond donors (Lipinski definition) is 1. The Balaban J connectivity index is 2.64. The van der Waals surface area contributed by atoms with Gasteiger partial charge in [0.05, 0.1) is 5.02 Å². The molecule has 0 unspecified atom stereocenters. The SMILES string of the molecule is CC(C)(C)NC(=O)COC(=O)c1c(F)cccc1Cl. The maximum Gasteiger partial charge on any atom is 0.343 e. The second-order valence-electron chi connectivity index (χ2n) is 4.97. The van der Waals surface area contributed by atoms with E-state index in [4.69, 9.17) is 16.3 Å². The number of esters is 1. The second kappa shape index (κ2) is 6.02. The Morgan fingerprint density at radius 3 is 2.53 bits per heavy atom. The molecule has 0 saturated heterocycles. The third-order valence-electron chi connectivity index (χ3n) is 2.02. The van der Waals surface area contributed by atoms with Gasteiger partial charge in [-0.3, -0.25) is 4.79 Å². The van der Waals surface area contributed by atoms with Gasteiger partial charge in [-0.1, -0.05) is 17.7 Å². The minimum atomic E-state index is -0.966. The molecule has 1 amide bonds. The van der Waals surface area contributed by atoms with Crippen molar-refractivity contribution in [1.82, 2.24) is 5.32 Å². The van der Waals surface area contributed by atoms with E-state index in [1.54, 1.807) is 20.8 Å². The molecule has 19 heavy (non-hydrogen) atoms. The Bertz CT molecular complexity index is 477. The normalized spacial score (nSPS) is 11.0. The van der Waals surface area contributed by atoms with E-state index in [2.05, 4.69) is 5.32 Å². The Morgan fingerprint density at radius 1 is 1.37 bits per heavy atom. The summed E-state index contributed by atoms with van der Waals surface area (Å²) in [7, 11) is 0. The van der Waals surface area contributed by atoms with Crippen LogP contribution in [0.25, 0.3) is 0 Å². The lowest BCUT2D eigenvalue weighted by Crippen LogP contribution is -2.42. The predicted molar refractivity (Wildman–Crippen MR) is 69.6 cm³/mol. The van der Waals surface area contributed by atoms with E-state index < -0.39 is 29.8 Å². The van der Waals surface area contributed by atoms with Crippen molar-refractivity contribution in [2.24, 2.45) is 0 Å². The number of rotatable bonds is 3. The molecular weight excluding hydrogens is 273 g/mol. The highest BCUT2D eigenvalue weighted by atomic mass is 35.5. The summed E-state index contributed by atoms with van der Waals surface area (Å²) in [6.45, 7) is 4.89. The number of amides is 1. The van der Waals surface area contributed by atoms with Crippen LogP contribution in [0.2, 0.25) is 5.02 Å². The molecular formula is C13H15ClFNO3. The summed E-state index contributed by atoms with van der Waals surface area (Å²) >= 11 is 5.70. The topological polar surface area (TPSA) is 55.4 Å². The van der Waals surface area contributed by atoms with Gasteiger partial charge in [-0.05, 0) is 32.9 Å². The number of nitrogens with one attached hydrogen (secondary N) is 1. The fourth-order valence-corrected chi connectivity index (χ4v) is 1.59. The van der Waals surface area contributed by atoms with Gasteiger partial charge in [0.15, 0.2) is 6.61 Å². The molecule has 0 atom stereocenters. The molecule has 0 spiro atoms. The highest BCUT2D eigenvalue weighted by molar-refractivity contribution is 6.33. The average molecular weight is 288 g/mol. The molecule has 0 radical (unpaired) electrons. The van der Waals surface area contributed by atoms with Crippen LogP contribution in [0.4, 0.5) is 4.39 Å². The number of benzene rings is 1. The molecule has 0 aliphatic carbocycles. The summed E-state index contributed by atoms with van der Waals surface area (Å²) in [5, 5.41) is 2.56. The fourth-order valence-electron chi connectivity index (χ4n) is 1.35. The van der Waals surface area contributed by atoms with Gasteiger partial charge in [0.1, 0.15) is 11.4 Å². The third-order valence-corrected chi connectivity index (χ3v) is 2.33. The van der Waals surface area contributed by atoms with Gasteiger partial charge in [-0.2, -0.15) is 0 Å². The summed E-state index contributed by atoms with van der Waals surface area (Å²) in [4.78, 5) is 23.1. The van der Waals surface area contributed by atoms with Gasteiger partial charge >= 0.3 is 5.97 Å². The van der Waals surface area contributed by atoms with E-state index in [9.17, 15) is 14.0 Å². The van der Waals surface area contributed by atoms with Crippen LogP contribution in [0.3, 0.4) is 0 Å². The van der Waals surface area contributed by atoms with E-state index in [1.807, 2.05) is 0 Å². The Kier molecular flexibility index (Phi) is 4.89. The van der Waals surface area contributed by atoms with Crippen molar-refractivity contribution in [2.45, 2.75) is 26.3 Å². The van der Waals surface area contributed by atoms with Crippen LogP contribution in [-0.4, -0.2) is 24.0 Å². The van der Waals surface area contributed by atoms with Gasteiger partial charge in [-0.25, -0.2) is 9.18 Å². The number of carbonyl (C=O) groups is 2. The zero-order chi connectivity index (χ0) is 14.6. The molecule has 0 aromatic heterocycles.